The molecule has 1 aliphatic carbocycles. The molecule has 0 aliphatic heterocycles. The second kappa shape index (κ2) is 11.0. The van der Waals surface area contributed by atoms with Crippen LogP contribution in [-0.2, 0) is 14.8 Å². The summed E-state index contributed by atoms with van der Waals surface area (Å²) in [5.41, 5.74) is 0.431. The molecule has 8 heteroatoms. The number of carbonyl (C=O) groups excluding carboxylic acids is 1. The lowest BCUT2D eigenvalue weighted by molar-refractivity contribution is -0.122. The lowest BCUT2D eigenvalue weighted by Crippen LogP contribution is -2.49. The van der Waals surface area contributed by atoms with Crippen molar-refractivity contribution in [1.82, 2.24) is 5.32 Å². The Morgan fingerprint density at radius 2 is 2.04 bits per heavy atom. The third-order valence-corrected chi connectivity index (χ3v) is 7.51. The second-order valence-electron chi connectivity index (χ2n) is 7.11. The molecule has 1 unspecified atom stereocenters. The molecule has 1 fully saturated rings. The largest absolute Gasteiger partial charge is 0.497 e. The zero-order valence-corrected chi connectivity index (χ0v) is 18.7. The van der Waals surface area contributed by atoms with Gasteiger partial charge in [-0.2, -0.15) is 11.8 Å². The van der Waals surface area contributed by atoms with Crippen LogP contribution in [-0.4, -0.2) is 51.3 Å². The van der Waals surface area contributed by atoms with Crippen LogP contribution in [0.3, 0.4) is 0 Å². The van der Waals surface area contributed by atoms with Crippen molar-refractivity contribution in [3.05, 3.63) is 24.3 Å². The molecule has 1 amide bonds. The van der Waals surface area contributed by atoms with Crippen molar-refractivity contribution in [3.63, 3.8) is 0 Å². The van der Waals surface area contributed by atoms with Gasteiger partial charge in [0.25, 0.3) is 0 Å². The van der Waals surface area contributed by atoms with Crippen LogP contribution in [0.2, 0.25) is 0 Å². The summed E-state index contributed by atoms with van der Waals surface area (Å²) in [6.45, 7) is 2.37. The first-order valence-corrected chi connectivity index (χ1v) is 12.8. The molecule has 2 rings (SSSR count). The van der Waals surface area contributed by atoms with E-state index in [0.717, 1.165) is 12.0 Å². The number of amides is 1. The molecule has 0 saturated heterocycles. The maximum absolute atomic E-state index is 12.8. The van der Waals surface area contributed by atoms with Gasteiger partial charge in [-0.3, -0.25) is 9.10 Å². The summed E-state index contributed by atoms with van der Waals surface area (Å²) in [6.07, 6.45) is 7.95. The fourth-order valence-electron chi connectivity index (χ4n) is 3.56. The number of nitrogens with zero attached hydrogens (tertiary/aromatic N) is 1. The van der Waals surface area contributed by atoms with Crippen LogP contribution in [0.15, 0.2) is 24.3 Å². The van der Waals surface area contributed by atoms with Crippen molar-refractivity contribution in [1.29, 1.82) is 0 Å². The van der Waals surface area contributed by atoms with Crippen molar-refractivity contribution in [2.75, 3.05) is 30.0 Å². The molecule has 0 spiro atoms. The number of nitrogens with one attached hydrogen (secondary N) is 1. The third-order valence-electron chi connectivity index (χ3n) is 4.94. The molecule has 1 aliphatic rings. The predicted octanol–water partition coefficient (Wildman–Crippen LogP) is 3.42. The fourth-order valence-corrected chi connectivity index (χ4v) is 5.98. The minimum Gasteiger partial charge on any atom is -0.497 e. The van der Waals surface area contributed by atoms with Gasteiger partial charge in [0.05, 0.1) is 19.1 Å². The molecule has 0 radical (unpaired) electrons. The number of anilines is 1. The molecule has 1 atom stereocenters. The fraction of sp³-hybridized carbons (Fsp3) is 0.650. The first-order chi connectivity index (χ1) is 13.4. The summed E-state index contributed by atoms with van der Waals surface area (Å²) in [7, 11) is -2.11. The number of hydrogen-bond acceptors (Lipinski definition) is 5. The highest BCUT2D eigenvalue weighted by Gasteiger charge is 2.31. The zero-order chi connectivity index (χ0) is 20.6. The van der Waals surface area contributed by atoms with Gasteiger partial charge in [-0.25, -0.2) is 8.42 Å². The number of ether oxygens (including phenoxy) is 1. The Balaban J connectivity index is 2.02. The lowest BCUT2D eigenvalue weighted by Gasteiger charge is -2.30. The maximum Gasteiger partial charge on any atom is 0.243 e. The van der Waals surface area contributed by atoms with E-state index in [4.69, 9.17) is 4.74 Å². The Bertz CT molecular complexity index is 733. The van der Waals surface area contributed by atoms with Gasteiger partial charge in [0.1, 0.15) is 11.8 Å². The Morgan fingerprint density at radius 3 is 2.64 bits per heavy atom. The molecule has 1 saturated carbocycles. The van der Waals surface area contributed by atoms with Crippen LogP contribution in [0.4, 0.5) is 5.69 Å². The predicted molar refractivity (Wildman–Crippen MR) is 117 cm³/mol. The second-order valence-corrected chi connectivity index (χ2v) is 10.4. The molecule has 158 valence electrons. The van der Waals surface area contributed by atoms with Crippen LogP contribution in [0.5, 0.6) is 5.75 Å². The summed E-state index contributed by atoms with van der Waals surface area (Å²) in [6, 6.07) is 5.99. The zero-order valence-electron chi connectivity index (χ0n) is 17.0. The number of benzene rings is 1. The minimum atomic E-state index is -3.64. The lowest BCUT2D eigenvalue weighted by atomic mass is 10.0. The van der Waals surface area contributed by atoms with E-state index in [1.807, 2.05) is 18.7 Å². The van der Waals surface area contributed by atoms with Crippen LogP contribution in [0, 0.1) is 0 Å². The van der Waals surface area contributed by atoms with E-state index in [2.05, 4.69) is 5.32 Å². The molecular formula is C20H32N2O4S2. The van der Waals surface area contributed by atoms with Gasteiger partial charge in [0.15, 0.2) is 0 Å². The van der Waals surface area contributed by atoms with Gasteiger partial charge in [-0.05, 0) is 31.4 Å². The van der Waals surface area contributed by atoms with Gasteiger partial charge >= 0.3 is 0 Å². The summed E-state index contributed by atoms with van der Waals surface area (Å²) in [5.74, 6) is 1.13. The maximum atomic E-state index is 12.8. The van der Waals surface area contributed by atoms with Crippen LogP contribution < -0.4 is 14.4 Å². The van der Waals surface area contributed by atoms with Crippen molar-refractivity contribution >= 4 is 33.4 Å². The van der Waals surface area contributed by atoms with Crippen molar-refractivity contribution in [3.8, 4) is 5.75 Å². The summed E-state index contributed by atoms with van der Waals surface area (Å²) < 4.78 is 31.3. The topological polar surface area (TPSA) is 75.7 Å². The minimum absolute atomic E-state index is 0.264. The average Bonchev–Trinajstić information content (AvgIpc) is 2.69. The molecular weight excluding hydrogens is 396 g/mol. The molecule has 0 aromatic heterocycles. The Morgan fingerprint density at radius 1 is 1.32 bits per heavy atom. The van der Waals surface area contributed by atoms with Gasteiger partial charge in [-0.1, -0.05) is 32.3 Å². The summed E-state index contributed by atoms with van der Waals surface area (Å²) >= 11 is 1.91. The normalized spacial score (nSPS) is 16.4. The average molecular weight is 429 g/mol. The summed E-state index contributed by atoms with van der Waals surface area (Å²) in [5, 5.41) is 3.62. The number of sulfonamides is 1. The molecule has 0 heterocycles. The monoisotopic (exact) mass is 428 g/mol. The van der Waals surface area contributed by atoms with Gasteiger partial charge in [-0.15, -0.1) is 0 Å². The highest BCUT2D eigenvalue weighted by molar-refractivity contribution is 7.99. The quantitative estimate of drug-likeness (QED) is 0.578. The van der Waals surface area contributed by atoms with Crippen LogP contribution >= 0.6 is 11.8 Å². The van der Waals surface area contributed by atoms with E-state index in [0.29, 0.717) is 29.7 Å². The Labute approximate surface area is 173 Å². The number of rotatable bonds is 10. The van der Waals surface area contributed by atoms with Gasteiger partial charge in [0.2, 0.25) is 15.9 Å². The first-order valence-electron chi connectivity index (χ1n) is 9.89. The van der Waals surface area contributed by atoms with E-state index in [1.54, 1.807) is 24.3 Å². The number of thioether (sulfide) groups is 1. The molecule has 6 nitrogen and oxygen atoms in total. The third kappa shape index (κ3) is 6.58. The van der Waals surface area contributed by atoms with Crippen molar-refractivity contribution in [2.45, 2.75) is 56.7 Å². The highest BCUT2D eigenvalue weighted by Crippen LogP contribution is 2.28. The van der Waals surface area contributed by atoms with Crippen molar-refractivity contribution in [2.24, 2.45) is 0 Å². The molecule has 1 N–H and O–H groups in total. The van der Waals surface area contributed by atoms with Crippen LogP contribution in [0.1, 0.15) is 45.4 Å². The summed E-state index contributed by atoms with van der Waals surface area (Å²) in [4.78, 5) is 12.8. The van der Waals surface area contributed by atoms with E-state index >= 15 is 0 Å². The van der Waals surface area contributed by atoms with Gasteiger partial charge < -0.3 is 10.1 Å². The molecule has 28 heavy (non-hydrogen) atoms. The van der Waals surface area contributed by atoms with E-state index < -0.39 is 16.1 Å². The highest BCUT2D eigenvalue weighted by atomic mass is 32.2. The number of hydrogen-bond donors (Lipinski definition) is 1. The molecule has 1 aromatic carbocycles. The van der Waals surface area contributed by atoms with E-state index in [-0.39, 0.29) is 5.91 Å². The number of methoxy groups -OCH3 is 1. The van der Waals surface area contributed by atoms with E-state index in [9.17, 15) is 13.2 Å². The molecule has 1 aromatic rings. The standard InChI is InChI=1S/C20H32N2O4S2/c1-4-19(20(23)21-13-14-27-18-11-6-5-7-12-18)22(28(3,24)25)16-9-8-10-17(15-16)26-2/h8-10,15,18-19H,4-7,11-14H2,1-3H3,(H,21,23). The SMILES string of the molecule is CCC(C(=O)NCCSC1CCCCC1)N(c1cccc(OC)c1)S(C)(=O)=O. The Hall–Kier alpha value is -1.41. The van der Waals surface area contributed by atoms with Crippen LogP contribution in [0.25, 0.3) is 0 Å². The Kier molecular flexibility index (Phi) is 8.95. The van der Waals surface area contributed by atoms with E-state index in [1.165, 1.54) is 43.5 Å². The smallest absolute Gasteiger partial charge is 0.243 e. The van der Waals surface area contributed by atoms with Crippen molar-refractivity contribution < 1.29 is 17.9 Å². The van der Waals surface area contributed by atoms with Gasteiger partial charge in [0, 0.05) is 23.6 Å². The first kappa shape index (κ1) is 22.9. The number of carbonyl (C=O) groups is 1. The molecule has 0 bridgehead atoms.